The summed E-state index contributed by atoms with van der Waals surface area (Å²) in [7, 11) is 1.56. The molecule has 0 heterocycles. The molecule has 1 atom stereocenters. The SMILES string of the molecule is COC(CN)CC(=O)NCc1ccc(-c2cccc(C)c2)cc1.Cl. The molecule has 0 bridgehead atoms. The molecule has 2 rings (SSSR count). The first-order chi connectivity index (χ1) is 11.1. The minimum atomic E-state index is -0.223. The summed E-state index contributed by atoms with van der Waals surface area (Å²) >= 11 is 0. The van der Waals surface area contributed by atoms with Gasteiger partial charge >= 0.3 is 0 Å². The van der Waals surface area contributed by atoms with Crippen molar-refractivity contribution in [1.82, 2.24) is 5.32 Å². The van der Waals surface area contributed by atoms with Crippen LogP contribution in [0.4, 0.5) is 0 Å². The summed E-state index contributed by atoms with van der Waals surface area (Å²) in [6.07, 6.45) is 0.0627. The van der Waals surface area contributed by atoms with E-state index < -0.39 is 0 Å². The molecule has 24 heavy (non-hydrogen) atoms. The average Bonchev–Trinajstić information content (AvgIpc) is 2.58. The van der Waals surface area contributed by atoms with E-state index >= 15 is 0 Å². The van der Waals surface area contributed by atoms with Crippen LogP contribution in [-0.4, -0.2) is 25.7 Å². The first kappa shape index (κ1) is 20.2. The van der Waals surface area contributed by atoms with Crippen LogP contribution in [0.2, 0.25) is 0 Å². The zero-order chi connectivity index (χ0) is 16.7. The van der Waals surface area contributed by atoms with Crippen molar-refractivity contribution in [1.29, 1.82) is 0 Å². The van der Waals surface area contributed by atoms with E-state index in [0.717, 1.165) is 5.56 Å². The Bertz CT molecular complexity index is 640. The van der Waals surface area contributed by atoms with Gasteiger partial charge in [-0.3, -0.25) is 4.79 Å². The first-order valence-electron chi connectivity index (χ1n) is 7.78. The molecule has 0 aliphatic heterocycles. The smallest absolute Gasteiger partial charge is 0.222 e. The number of halogens is 1. The van der Waals surface area contributed by atoms with Gasteiger partial charge in [0.25, 0.3) is 0 Å². The third-order valence-corrected chi connectivity index (χ3v) is 3.80. The summed E-state index contributed by atoms with van der Waals surface area (Å²) < 4.78 is 5.11. The van der Waals surface area contributed by atoms with Crippen LogP contribution in [-0.2, 0) is 16.1 Å². The second-order valence-electron chi connectivity index (χ2n) is 5.64. The predicted octanol–water partition coefficient (Wildman–Crippen LogP) is 3.06. The van der Waals surface area contributed by atoms with Crippen LogP contribution in [0.5, 0.6) is 0 Å². The van der Waals surface area contributed by atoms with Gasteiger partial charge in [-0.1, -0.05) is 54.1 Å². The molecule has 130 valence electrons. The molecule has 0 saturated carbocycles. The van der Waals surface area contributed by atoms with E-state index in [-0.39, 0.29) is 30.8 Å². The first-order valence-corrected chi connectivity index (χ1v) is 7.78. The van der Waals surface area contributed by atoms with Crippen molar-refractivity contribution >= 4 is 18.3 Å². The fourth-order valence-corrected chi connectivity index (χ4v) is 2.38. The largest absolute Gasteiger partial charge is 0.380 e. The summed E-state index contributed by atoms with van der Waals surface area (Å²) in [5.41, 5.74) is 10.2. The maximum atomic E-state index is 11.8. The van der Waals surface area contributed by atoms with Crippen molar-refractivity contribution in [2.75, 3.05) is 13.7 Å². The van der Waals surface area contributed by atoms with Gasteiger partial charge in [0.2, 0.25) is 5.91 Å². The molecule has 5 heteroatoms. The van der Waals surface area contributed by atoms with Crippen LogP contribution in [0.15, 0.2) is 48.5 Å². The van der Waals surface area contributed by atoms with Crippen molar-refractivity contribution in [2.24, 2.45) is 5.73 Å². The molecular formula is C19H25ClN2O2. The lowest BCUT2D eigenvalue weighted by Gasteiger charge is -2.12. The van der Waals surface area contributed by atoms with E-state index in [1.807, 2.05) is 12.1 Å². The van der Waals surface area contributed by atoms with E-state index in [1.54, 1.807) is 7.11 Å². The van der Waals surface area contributed by atoms with Crippen LogP contribution in [0, 0.1) is 6.92 Å². The number of nitrogens with two attached hydrogens (primary N) is 1. The van der Waals surface area contributed by atoms with E-state index in [9.17, 15) is 4.79 Å². The van der Waals surface area contributed by atoms with Crippen LogP contribution < -0.4 is 11.1 Å². The van der Waals surface area contributed by atoms with E-state index in [0.29, 0.717) is 13.1 Å². The average molecular weight is 349 g/mol. The van der Waals surface area contributed by atoms with E-state index in [4.69, 9.17) is 10.5 Å². The predicted molar refractivity (Wildman–Crippen MR) is 100 cm³/mol. The number of methoxy groups -OCH3 is 1. The lowest BCUT2D eigenvalue weighted by molar-refractivity contribution is -0.123. The Morgan fingerprint density at radius 1 is 1.17 bits per heavy atom. The molecule has 2 aromatic rings. The Morgan fingerprint density at radius 2 is 1.88 bits per heavy atom. The fourth-order valence-electron chi connectivity index (χ4n) is 2.38. The summed E-state index contributed by atoms with van der Waals surface area (Å²) in [6, 6.07) is 16.6. The zero-order valence-electron chi connectivity index (χ0n) is 14.1. The molecule has 4 nitrogen and oxygen atoms in total. The Morgan fingerprint density at radius 3 is 2.46 bits per heavy atom. The Kier molecular flexibility index (Phi) is 8.47. The highest BCUT2D eigenvalue weighted by atomic mass is 35.5. The lowest BCUT2D eigenvalue weighted by Crippen LogP contribution is -2.31. The molecule has 0 radical (unpaired) electrons. The number of ether oxygens (including phenoxy) is 1. The number of amides is 1. The van der Waals surface area contributed by atoms with E-state index in [1.165, 1.54) is 16.7 Å². The van der Waals surface area contributed by atoms with Gasteiger partial charge < -0.3 is 15.8 Å². The van der Waals surface area contributed by atoms with Gasteiger partial charge in [-0.25, -0.2) is 0 Å². The Hall–Kier alpha value is -1.88. The second-order valence-corrected chi connectivity index (χ2v) is 5.64. The monoisotopic (exact) mass is 348 g/mol. The second kappa shape index (κ2) is 10.1. The Labute approximate surface area is 149 Å². The van der Waals surface area contributed by atoms with Crippen LogP contribution in [0.3, 0.4) is 0 Å². The molecule has 0 aromatic heterocycles. The maximum absolute atomic E-state index is 11.8. The topological polar surface area (TPSA) is 64.3 Å². The number of aryl methyl sites for hydroxylation is 1. The number of carbonyl (C=O) groups is 1. The maximum Gasteiger partial charge on any atom is 0.222 e. The fraction of sp³-hybridized carbons (Fsp3) is 0.316. The molecule has 1 unspecified atom stereocenters. The summed E-state index contributed by atoms with van der Waals surface area (Å²) in [5, 5.41) is 2.89. The normalized spacial score (nSPS) is 11.5. The highest BCUT2D eigenvalue weighted by Gasteiger charge is 2.10. The van der Waals surface area contributed by atoms with Gasteiger partial charge in [0.15, 0.2) is 0 Å². The standard InChI is InChI=1S/C19H24N2O2.ClH/c1-14-4-3-5-17(10-14)16-8-6-15(7-9-16)13-21-19(22)11-18(12-20)23-2;/h3-10,18H,11-13,20H2,1-2H3,(H,21,22);1H. The summed E-state index contributed by atoms with van der Waals surface area (Å²) in [5.74, 6) is -0.0509. The summed E-state index contributed by atoms with van der Waals surface area (Å²) in [6.45, 7) is 2.94. The number of hydrogen-bond acceptors (Lipinski definition) is 3. The highest BCUT2D eigenvalue weighted by molar-refractivity contribution is 5.85. The van der Waals surface area contributed by atoms with Gasteiger partial charge in [-0.05, 0) is 23.6 Å². The molecular weight excluding hydrogens is 324 g/mol. The number of carbonyl (C=O) groups excluding carboxylic acids is 1. The highest BCUT2D eigenvalue weighted by Crippen LogP contribution is 2.20. The van der Waals surface area contributed by atoms with Gasteiger partial charge in [0.05, 0.1) is 12.5 Å². The van der Waals surface area contributed by atoms with Gasteiger partial charge in [0, 0.05) is 20.2 Å². The van der Waals surface area contributed by atoms with E-state index in [2.05, 4.69) is 48.6 Å². The third-order valence-electron chi connectivity index (χ3n) is 3.80. The molecule has 0 fully saturated rings. The number of benzene rings is 2. The molecule has 0 aliphatic carbocycles. The number of hydrogen-bond donors (Lipinski definition) is 2. The molecule has 1 amide bonds. The van der Waals surface area contributed by atoms with Crippen molar-refractivity contribution < 1.29 is 9.53 Å². The minimum Gasteiger partial charge on any atom is -0.380 e. The molecule has 0 saturated heterocycles. The van der Waals surface area contributed by atoms with Crippen molar-refractivity contribution in [3.8, 4) is 11.1 Å². The molecule has 0 aliphatic rings. The van der Waals surface area contributed by atoms with Crippen LogP contribution in [0.1, 0.15) is 17.5 Å². The van der Waals surface area contributed by atoms with Crippen LogP contribution >= 0.6 is 12.4 Å². The van der Waals surface area contributed by atoms with Crippen molar-refractivity contribution in [2.45, 2.75) is 26.0 Å². The third kappa shape index (κ3) is 5.96. The number of rotatable bonds is 7. The van der Waals surface area contributed by atoms with Gasteiger partial charge in [-0.15, -0.1) is 12.4 Å². The molecule has 0 spiro atoms. The minimum absolute atomic E-state index is 0. The molecule has 2 aromatic carbocycles. The van der Waals surface area contributed by atoms with Crippen molar-refractivity contribution in [3.63, 3.8) is 0 Å². The van der Waals surface area contributed by atoms with Gasteiger partial charge in [-0.2, -0.15) is 0 Å². The molecule has 3 N–H and O–H groups in total. The number of nitrogens with one attached hydrogen (secondary N) is 1. The van der Waals surface area contributed by atoms with Gasteiger partial charge in [0.1, 0.15) is 0 Å². The Balaban J connectivity index is 0.00000288. The van der Waals surface area contributed by atoms with Crippen LogP contribution in [0.25, 0.3) is 11.1 Å². The lowest BCUT2D eigenvalue weighted by atomic mass is 10.0. The zero-order valence-corrected chi connectivity index (χ0v) is 14.9. The quantitative estimate of drug-likeness (QED) is 0.808. The summed E-state index contributed by atoms with van der Waals surface area (Å²) in [4.78, 5) is 11.8. The van der Waals surface area contributed by atoms with Crippen molar-refractivity contribution in [3.05, 3.63) is 59.7 Å².